The van der Waals surface area contributed by atoms with Crippen molar-refractivity contribution in [3.8, 4) is 22.5 Å². The molecule has 4 rings (SSSR count). The monoisotopic (exact) mass is 428 g/mol. The van der Waals surface area contributed by atoms with Gasteiger partial charge in [-0.1, -0.05) is 74.5 Å². The molecule has 0 amide bonds. The predicted molar refractivity (Wildman–Crippen MR) is 126 cm³/mol. The average Bonchev–Trinajstić information content (AvgIpc) is 3.43. The third-order valence-corrected chi connectivity index (χ3v) is 5.37. The number of hydrogen-bond acceptors (Lipinski definition) is 4. The van der Waals surface area contributed by atoms with E-state index in [9.17, 15) is 4.79 Å². The van der Waals surface area contributed by atoms with E-state index in [1.807, 2.05) is 52.6 Å². The third-order valence-electron chi connectivity index (χ3n) is 5.37. The first kappa shape index (κ1) is 21.5. The normalized spacial score (nSPS) is 11.6. The molecule has 164 valence electrons. The zero-order valence-corrected chi connectivity index (χ0v) is 18.7. The van der Waals surface area contributed by atoms with Gasteiger partial charge in [0.15, 0.2) is 0 Å². The van der Waals surface area contributed by atoms with Crippen LogP contribution in [0.25, 0.3) is 22.5 Å². The van der Waals surface area contributed by atoms with E-state index in [1.165, 1.54) is 0 Å². The van der Waals surface area contributed by atoms with E-state index in [1.54, 1.807) is 0 Å². The molecule has 0 unspecified atom stereocenters. The Morgan fingerprint density at radius 1 is 1.06 bits per heavy atom. The number of H-pyrrole nitrogens is 1. The topological polar surface area (TPSA) is 81.4 Å². The van der Waals surface area contributed by atoms with Gasteiger partial charge in [0.2, 0.25) is 5.82 Å². The van der Waals surface area contributed by atoms with E-state index in [0.717, 1.165) is 40.9 Å². The van der Waals surface area contributed by atoms with Crippen molar-refractivity contribution < 1.29 is 0 Å². The fourth-order valence-corrected chi connectivity index (χ4v) is 3.86. The second-order valence-corrected chi connectivity index (χ2v) is 8.29. The van der Waals surface area contributed by atoms with Crippen molar-refractivity contribution in [2.24, 2.45) is 5.92 Å². The fourth-order valence-electron chi connectivity index (χ4n) is 3.86. The van der Waals surface area contributed by atoms with Crippen LogP contribution in [0.2, 0.25) is 0 Å². The number of rotatable bonds is 8. The summed E-state index contributed by atoms with van der Waals surface area (Å²) < 4.78 is 3.71. The fraction of sp³-hybridized carbons (Fsp3) is 0.280. The minimum Gasteiger partial charge on any atom is -0.299 e. The number of hydrogen-bond donors (Lipinski definition) is 1. The predicted octanol–water partition coefficient (Wildman–Crippen LogP) is 4.32. The molecule has 4 aromatic rings. The van der Waals surface area contributed by atoms with E-state index in [-0.39, 0.29) is 5.69 Å². The Hall–Kier alpha value is -3.74. The maximum absolute atomic E-state index is 13.0. The lowest BCUT2D eigenvalue weighted by Gasteiger charge is -2.10. The molecule has 0 spiro atoms. The molecule has 2 aromatic carbocycles. The van der Waals surface area contributed by atoms with E-state index in [0.29, 0.717) is 18.3 Å². The van der Waals surface area contributed by atoms with Crippen LogP contribution in [-0.4, -0.2) is 29.8 Å². The molecule has 0 atom stereocenters. The van der Waals surface area contributed by atoms with Crippen molar-refractivity contribution in [3.63, 3.8) is 0 Å². The zero-order valence-electron chi connectivity index (χ0n) is 18.7. The van der Waals surface area contributed by atoms with Crippen molar-refractivity contribution in [1.82, 2.24) is 29.8 Å². The summed E-state index contributed by atoms with van der Waals surface area (Å²) in [5, 5.41) is 14.4. The van der Waals surface area contributed by atoms with Gasteiger partial charge in [0, 0.05) is 30.4 Å². The van der Waals surface area contributed by atoms with E-state index >= 15 is 0 Å². The van der Waals surface area contributed by atoms with E-state index in [2.05, 4.69) is 64.8 Å². The summed E-state index contributed by atoms with van der Waals surface area (Å²) in [7, 11) is 0. The Bertz CT molecular complexity index is 1250. The Balaban J connectivity index is 1.63. The molecule has 32 heavy (non-hydrogen) atoms. The molecular weight excluding hydrogens is 400 g/mol. The summed E-state index contributed by atoms with van der Waals surface area (Å²) in [6.45, 7) is 7.52. The highest BCUT2D eigenvalue weighted by Crippen LogP contribution is 2.29. The number of nitrogens with one attached hydrogen (secondary N) is 1. The number of aromatic nitrogens is 6. The SMILES string of the molecule is C/C=C/Cc1cn(CC(C)C)c(=O)n1Cc1ccc(-c2ccccc2-c2nn[nH]n2)cc1. The van der Waals surface area contributed by atoms with Crippen LogP contribution >= 0.6 is 0 Å². The number of imidazole rings is 1. The van der Waals surface area contributed by atoms with Crippen molar-refractivity contribution in [1.29, 1.82) is 0 Å². The zero-order chi connectivity index (χ0) is 22.5. The molecule has 0 aliphatic heterocycles. The second-order valence-electron chi connectivity index (χ2n) is 8.29. The quantitative estimate of drug-likeness (QED) is 0.424. The van der Waals surface area contributed by atoms with Gasteiger partial charge in [-0.2, -0.15) is 5.21 Å². The molecule has 2 aromatic heterocycles. The van der Waals surface area contributed by atoms with Crippen LogP contribution in [0.15, 0.2) is 71.7 Å². The van der Waals surface area contributed by atoms with Crippen LogP contribution < -0.4 is 5.69 Å². The molecular formula is C25H28N6O. The molecule has 0 saturated carbocycles. The van der Waals surface area contributed by atoms with Crippen LogP contribution in [0.3, 0.4) is 0 Å². The highest BCUT2D eigenvalue weighted by Gasteiger charge is 2.13. The first-order valence-corrected chi connectivity index (χ1v) is 10.9. The average molecular weight is 429 g/mol. The minimum absolute atomic E-state index is 0.0460. The molecule has 0 fully saturated rings. The summed E-state index contributed by atoms with van der Waals surface area (Å²) in [4.78, 5) is 13.0. The van der Waals surface area contributed by atoms with E-state index in [4.69, 9.17) is 0 Å². The van der Waals surface area contributed by atoms with Gasteiger partial charge in [0.25, 0.3) is 0 Å². The molecule has 0 bridgehead atoms. The van der Waals surface area contributed by atoms with Crippen molar-refractivity contribution >= 4 is 0 Å². The summed E-state index contributed by atoms with van der Waals surface area (Å²) in [5.41, 5.74) is 5.18. The smallest absolute Gasteiger partial charge is 0.299 e. The first-order valence-electron chi connectivity index (χ1n) is 10.9. The lowest BCUT2D eigenvalue weighted by atomic mass is 9.98. The van der Waals surface area contributed by atoms with Crippen LogP contribution in [0, 0.1) is 5.92 Å². The molecule has 0 radical (unpaired) electrons. The maximum Gasteiger partial charge on any atom is 0.328 e. The largest absolute Gasteiger partial charge is 0.328 e. The molecule has 0 aliphatic rings. The number of nitrogens with zero attached hydrogens (tertiary/aromatic N) is 5. The summed E-state index contributed by atoms with van der Waals surface area (Å²) in [6.07, 6.45) is 6.85. The molecule has 7 nitrogen and oxygen atoms in total. The Morgan fingerprint density at radius 2 is 1.81 bits per heavy atom. The second kappa shape index (κ2) is 9.60. The number of benzene rings is 2. The maximum atomic E-state index is 13.0. The van der Waals surface area contributed by atoms with Gasteiger partial charge in [0.05, 0.1) is 6.54 Å². The van der Waals surface area contributed by atoms with Crippen molar-refractivity contribution in [2.75, 3.05) is 0 Å². The Morgan fingerprint density at radius 3 is 2.47 bits per heavy atom. The van der Waals surface area contributed by atoms with Gasteiger partial charge in [-0.15, -0.1) is 10.2 Å². The van der Waals surface area contributed by atoms with Crippen LogP contribution in [0.4, 0.5) is 0 Å². The van der Waals surface area contributed by atoms with Crippen LogP contribution in [0.1, 0.15) is 32.0 Å². The van der Waals surface area contributed by atoms with Crippen LogP contribution in [-0.2, 0) is 19.5 Å². The highest BCUT2D eigenvalue weighted by atomic mass is 16.1. The standard InChI is InChI=1S/C25H28N6O/c1-4-5-8-21-17-30(15-18(2)3)25(32)31(21)16-19-11-13-20(14-12-19)22-9-6-7-10-23(22)24-26-28-29-27-24/h4-7,9-14,17-18H,8,15-16H2,1-3H3,(H,26,27,28,29)/b5-4+. The van der Waals surface area contributed by atoms with Gasteiger partial charge in [-0.3, -0.25) is 9.13 Å². The van der Waals surface area contributed by atoms with Gasteiger partial charge in [0.1, 0.15) is 0 Å². The molecule has 0 aliphatic carbocycles. The lowest BCUT2D eigenvalue weighted by Crippen LogP contribution is -2.26. The third kappa shape index (κ3) is 4.61. The summed E-state index contributed by atoms with van der Waals surface area (Å²) in [5.74, 6) is 0.980. The van der Waals surface area contributed by atoms with Gasteiger partial charge >= 0.3 is 5.69 Å². The number of tetrazole rings is 1. The summed E-state index contributed by atoms with van der Waals surface area (Å²) >= 11 is 0. The first-order chi connectivity index (χ1) is 15.6. The van der Waals surface area contributed by atoms with E-state index < -0.39 is 0 Å². The van der Waals surface area contributed by atoms with Gasteiger partial charge < -0.3 is 0 Å². The molecule has 7 heteroatoms. The Kier molecular flexibility index (Phi) is 6.44. The molecule has 0 saturated heterocycles. The van der Waals surface area contributed by atoms with Crippen molar-refractivity contribution in [3.05, 3.63) is 88.6 Å². The van der Waals surface area contributed by atoms with Crippen molar-refractivity contribution in [2.45, 2.75) is 40.3 Å². The van der Waals surface area contributed by atoms with Crippen LogP contribution in [0.5, 0.6) is 0 Å². The lowest BCUT2D eigenvalue weighted by molar-refractivity contribution is 0.503. The van der Waals surface area contributed by atoms with Gasteiger partial charge in [-0.05, 0) is 34.7 Å². The molecule has 2 heterocycles. The van der Waals surface area contributed by atoms with Gasteiger partial charge in [-0.25, -0.2) is 4.79 Å². The number of allylic oxidation sites excluding steroid dienone is 2. The molecule has 1 N–H and O–H groups in total. The highest BCUT2D eigenvalue weighted by molar-refractivity contribution is 5.80. The minimum atomic E-state index is 0.0460. The number of aromatic amines is 1. The Labute approximate surface area is 187 Å². The summed E-state index contributed by atoms with van der Waals surface area (Å²) in [6, 6.07) is 16.3.